The normalized spacial score (nSPS) is 10.8. The Labute approximate surface area is 170 Å². The molecule has 1 N–H and O–H groups in total. The predicted molar refractivity (Wildman–Crippen MR) is 109 cm³/mol. The highest BCUT2D eigenvalue weighted by Crippen LogP contribution is 2.24. The standard InChI is InChI=1S/C21H17FN4O2S/c22-16-9-7-14(8-10-16)20-25-19(28-26-20)6-2-5-18(27)24-17-4-1-3-15(13-17)21-23-11-12-29-21/h1,3-4,7-13H,2,5-6H2,(H,24,27). The summed E-state index contributed by atoms with van der Waals surface area (Å²) in [4.78, 5) is 20.8. The minimum absolute atomic E-state index is 0.0837. The number of hydrogen-bond donors (Lipinski definition) is 1. The van der Waals surface area contributed by atoms with Gasteiger partial charge in [-0.2, -0.15) is 4.98 Å². The number of halogens is 1. The third-order valence-electron chi connectivity index (χ3n) is 4.19. The molecule has 29 heavy (non-hydrogen) atoms. The molecule has 2 aromatic carbocycles. The molecule has 4 rings (SSSR count). The molecule has 0 saturated carbocycles. The first-order valence-electron chi connectivity index (χ1n) is 9.06. The number of amides is 1. The van der Waals surface area contributed by atoms with Gasteiger partial charge in [0, 0.05) is 41.2 Å². The van der Waals surface area contributed by atoms with E-state index in [9.17, 15) is 9.18 Å². The Kier molecular flexibility index (Phi) is 5.71. The maximum Gasteiger partial charge on any atom is 0.226 e. The highest BCUT2D eigenvalue weighted by Gasteiger charge is 2.10. The summed E-state index contributed by atoms with van der Waals surface area (Å²) >= 11 is 1.55. The molecule has 0 radical (unpaired) electrons. The van der Waals surface area contributed by atoms with Crippen molar-refractivity contribution in [1.29, 1.82) is 0 Å². The van der Waals surface area contributed by atoms with E-state index in [0.29, 0.717) is 36.5 Å². The number of benzene rings is 2. The molecule has 1 amide bonds. The molecule has 2 aromatic heterocycles. The van der Waals surface area contributed by atoms with E-state index in [4.69, 9.17) is 4.52 Å². The summed E-state index contributed by atoms with van der Waals surface area (Å²) < 4.78 is 18.2. The molecule has 0 aliphatic rings. The number of nitrogens with zero attached hydrogens (tertiary/aromatic N) is 3. The molecule has 0 atom stereocenters. The lowest BCUT2D eigenvalue weighted by atomic mass is 10.2. The number of anilines is 1. The van der Waals surface area contributed by atoms with E-state index in [1.54, 1.807) is 29.7 Å². The molecule has 0 unspecified atom stereocenters. The van der Waals surface area contributed by atoms with Crippen LogP contribution in [0.4, 0.5) is 10.1 Å². The van der Waals surface area contributed by atoms with Crippen LogP contribution in [0.1, 0.15) is 18.7 Å². The van der Waals surface area contributed by atoms with E-state index >= 15 is 0 Å². The summed E-state index contributed by atoms with van der Waals surface area (Å²) in [6, 6.07) is 13.5. The SMILES string of the molecule is O=C(CCCc1nc(-c2ccc(F)cc2)no1)Nc1cccc(-c2nccs2)c1. The highest BCUT2D eigenvalue weighted by molar-refractivity contribution is 7.13. The van der Waals surface area contributed by atoms with Crippen molar-refractivity contribution in [2.24, 2.45) is 0 Å². The van der Waals surface area contributed by atoms with Gasteiger partial charge in [-0.3, -0.25) is 4.79 Å². The molecule has 0 bridgehead atoms. The van der Waals surface area contributed by atoms with Crippen LogP contribution in [-0.4, -0.2) is 21.0 Å². The molecule has 146 valence electrons. The van der Waals surface area contributed by atoms with E-state index in [-0.39, 0.29) is 11.7 Å². The average Bonchev–Trinajstić information content (AvgIpc) is 3.41. The van der Waals surface area contributed by atoms with Crippen LogP contribution in [0, 0.1) is 5.82 Å². The van der Waals surface area contributed by atoms with Crippen LogP contribution in [0.2, 0.25) is 0 Å². The second kappa shape index (κ2) is 8.74. The van der Waals surface area contributed by atoms with Crippen LogP contribution in [0.25, 0.3) is 22.0 Å². The van der Waals surface area contributed by atoms with Crippen LogP contribution in [0.3, 0.4) is 0 Å². The summed E-state index contributed by atoms with van der Waals surface area (Å²) in [7, 11) is 0. The highest BCUT2D eigenvalue weighted by atomic mass is 32.1. The van der Waals surface area contributed by atoms with Crippen LogP contribution in [-0.2, 0) is 11.2 Å². The second-order valence-electron chi connectivity index (χ2n) is 6.34. The zero-order valence-corrected chi connectivity index (χ0v) is 16.2. The largest absolute Gasteiger partial charge is 0.339 e. The Morgan fingerprint density at radius 3 is 2.79 bits per heavy atom. The third kappa shape index (κ3) is 4.91. The van der Waals surface area contributed by atoms with Gasteiger partial charge >= 0.3 is 0 Å². The molecule has 0 fully saturated rings. The monoisotopic (exact) mass is 408 g/mol. The Hall–Kier alpha value is -3.39. The average molecular weight is 408 g/mol. The summed E-state index contributed by atoms with van der Waals surface area (Å²) in [5.74, 6) is 0.451. The molecule has 8 heteroatoms. The number of carbonyl (C=O) groups excluding carboxylic acids is 1. The fourth-order valence-electron chi connectivity index (χ4n) is 2.79. The van der Waals surface area contributed by atoms with Gasteiger partial charge < -0.3 is 9.84 Å². The smallest absolute Gasteiger partial charge is 0.226 e. The molecular weight excluding hydrogens is 391 g/mol. The van der Waals surface area contributed by atoms with E-state index in [0.717, 1.165) is 16.3 Å². The first-order chi connectivity index (χ1) is 14.2. The Bertz CT molecular complexity index is 1090. The van der Waals surface area contributed by atoms with Gasteiger partial charge in [0.1, 0.15) is 10.8 Å². The number of aryl methyl sites for hydroxylation is 1. The number of aromatic nitrogens is 3. The first-order valence-corrected chi connectivity index (χ1v) is 9.94. The maximum absolute atomic E-state index is 13.0. The number of hydrogen-bond acceptors (Lipinski definition) is 6. The van der Waals surface area contributed by atoms with Crippen LogP contribution >= 0.6 is 11.3 Å². The van der Waals surface area contributed by atoms with Gasteiger partial charge in [-0.25, -0.2) is 9.37 Å². The van der Waals surface area contributed by atoms with Crippen molar-refractivity contribution in [2.75, 3.05) is 5.32 Å². The summed E-state index contributed by atoms with van der Waals surface area (Å²) in [5, 5.41) is 9.63. The topological polar surface area (TPSA) is 80.9 Å². The number of thiazole rings is 1. The fourth-order valence-corrected chi connectivity index (χ4v) is 3.43. The van der Waals surface area contributed by atoms with Crippen molar-refractivity contribution in [3.8, 4) is 22.0 Å². The number of carbonyl (C=O) groups is 1. The lowest BCUT2D eigenvalue weighted by molar-refractivity contribution is -0.116. The Morgan fingerprint density at radius 1 is 1.14 bits per heavy atom. The molecule has 4 aromatic rings. The first kappa shape index (κ1) is 18.9. The van der Waals surface area contributed by atoms with Crippen molar-refractivity contribution < 1.29 is 13.7 Å². The van der Waals surface area contributed by atoms with E-state index in [1.807, 2.05) is 29.6 Å². The fraction of sp³-hybridized carbons (Fsp3) is 0.143. The Morgan fingerprint density at radius 2 is 2.00 bits per heavy atom. The van der Waals surface area contributed by atoms with Crippen LogP contribution < -0.4 is 5.32 Å². The van der Waals surface area contributed by atoms with Gasteiger partial charge in [-0.15, -0.1) is 11.3 Å². The Balaban J connectivity index is 1.28. The zero-order valence-electron chi connectivity index (χ0n) is 15.3. The molecule has 6 nitrogen and oxygen atoms in total. The molecule has 0 aliphatic carbocycles. The molecule has 0 saturated heterocycles. The van der Waals surface area contributed by atoms with E-state index in [2.05, 4.69) is 20.4 Å². The zero-order chi connectivity index (χ0) is 20.1. The van der Waals surface area contributed by atoms with Gasteiger partial charge in [0.25, 0.3) is 0 Å². The van der Waals surface area contributed by atoms with Crippen molar-refractivity contribution in [3.05, 3.63) is 71.8 Å². The minimum atomic E-state index is -0.319. The molecule has 0 spiro atoms. The van der Waals surface area contributed by atoms with Crippen molar-refractivity contribution in [2.45, 2.75) is 19.3 Å². The van der Waals surface area contributed by atoms with Crippen molar-refractivity contribution in [1.82, 2.24) is 15.1 Å². The van der Waals surface area contributed by atoms with E-state index < -0.39 is 0 Å². The summed E-state index contributed by atoms with van der Waals surface area (Å²) in [6.07, 6.45) is 3.14. The van der Waals surface area contributed by atoms with Crippen molar-refractivity contribution >= 4 is 22.9 Å². The van der Waals surface area contributed by atoms with Gasteiger partial charge in [0.05, 0.1) is 0 Å². The number of rotatable bonds is 7. The van der Waals surface area contributed by atoms with Crippen LogP contribution in [0.15, 0.2) is 64.6 Å². The quantitative estimate of drug-likeness (QED) is 0.467. The van der Waals surface area contributed by atoms with Gasteiger partial charge in [0.15, 0.2) is 0 Å². The lowest BCUT2D eigenvalue weighted by Crippen LogP contribution is -2.11. The second-order valence-corrected chi connectivity index (χ2v) is 7.23. The minimum Gasteiger partial charge on any atom is -0.339 e. The summed E-state index contributed by atoms with van der Waals surface area (Å²) in [6.45, 7) is 0. The van der Waals surface area contributed by atoms with Gasteiger partial charge in [-0.1, -0.05) is 17.3 Å². The molecule has 0 aliphatic heterocycles. The van der Waals surface area contributed by atoms with Gasteiger partial charge in [-0.05, 0) is 42.8 Å². The maximum atomic E-state index is 13.0. The van der Waals surface area contributed by atoms with Crippen LogP contribution in [0.5, 0.6) is 0 Å². The predicted octanol–water partition coefficient (Wildman–Crippen LogP) is 4.96. The molecule has 2 heterocycles. The molecular formula is C21H17FN4O2S. The summed E-state index contributed by atoms with van der Waals surface area (Å²) in [5.41, 5.74) is 2.38. The third-order valence-corrected chi connectivity index (χ3v) is 5.01. The number of nitrogens with one attached hydrogen (secondary N) is 1. The lowest BCUT2D eigenvalue weighted by Gasteiger charge is -2.06. The van der Waals surface area contributed by atoms with E-state index in [1.165, 1.54) is 12.1 Å². The van der Waals surface area contributed by atoms with Gasteiger partial charge in [0.2, 0.25) is 17.6 Å². The van der Waals surface area contributed by atoms with Crippen molar-refractivity contribution in [3.63, 3.8) is 0 Å².